The number of rotatable bonds is 16. The van der Waals surface area contributed by atoms with Crippen LogP contribution in [-0.4, -0.2) is 77.5 Å². The van der Waals surface area contributed by atoms with Gasteiger partial charge in [-0.2, -0.15) is 65.9 Å². The van der Waals surface area contributed by atoms with Crippen LogP contribution >= 0.6 is 0 Å². The van der Waals surface area contributed by atoms with Crippen LogP contribution in [0.4, 0.5) is 65.9 Å². The zero-order valence-electron chi connectivity index (χ0n) is 37.9. The molecule has 0 bridgehead atoms. The van der Waals surface area contributed by atoms with Gasteiger partial charge in [-0.3, -0.25) is 0 Å². The number of alkyl halides is 15. The van der Waals surface area contributed by atoms with Crippen LogP contribution in [0.2, 0.25) is 0 Å². The van der Waals surface area contributed by atoms with E-state index >= 15 is 0 Å². The van der Waals surface area contributed by atoms with Gasteiger partial charge in [-0.25, -0.2) is 19.2 Å². The van der Waals surface area contributed by atoms with Crippen LogP contribution in [0.25, 0.3) is 0 Å². The molecule has 0 saturated heterocycles. The second-order valence-corrected chi connectivity index (χ2v) is 13.2. The Morgan fingerprint density at radius 1 is 0.347 bits per heavy atom. The summed E-state index contributed by atoms with van der Waals surface area (Å²) in [5, 5.41) is 0. The van der Waals surface area contributed by atoms with Gasteiger partial charge in [0.15, 0.2) is 27.2 Å². The Labute approximate surface area is 399 Å². The maximum Gasteiger partial charge on any atom is 0.417 e. The predicted octanol–water partition coefficient (Wildman–Crippen LogP) is 12.4. The van der Waals surface area contributed by atoms with Crippen molar-refractivity contribution in [1.82, 2.24) is 0 Å². The number of carbonyl (C=O) groups is 4. The van der Waals surface area contributed by atoms with E-state index in [0.717, 1.165) is 54.6 Å². The fourth-order valence-electron chi connectivity index (χ4n) is 4.64. The van der Waals surface area contributed by atoms with Crippen LogP contribution in [0.1, 0.15) is 96.9 Å². The molecule has 0 aliphatic carbocycles. The molecule has 0 heterocycles. The molecule has 4 aromatic rings. The lowest BCUT2D eigenvalue weighted by atomic mass is 10.0. The normalized spacial score (nSPS) is 11.6. The number of esters is 4. The summed E-state index contributed by atoms with van der Waals surface area (Å²) in [4.78, 5) is 45.5. The average molecular weight is 1060 g/mol. The van der Waals surface area contributed by atoms with Crippen molar-refractivity contribution in [3.63, 3.8) is 0 Å². The van der Waals surface area contributed by atoms with E-state index in [9.17, 15) is 85.0 Å². The highest BCUT2D eigenvalue weighted by molar-refractivity contribution is 5.92. The van der Waals surface area contributed by atoms with E-state index in [4.69, 9.17) is 14.2 Å². The van der Waals surface area contributed by atoms with Gasteiger partial charge >= 0.3 is 54.8 Å². The molecule has 0 amide bonds. The number of ether oxygens (including phenoxy) is 8. The lowest BCUT2D eigenvalue weighted by Crippen LogP contribution is -2.16. The maximum atomic E-state index is 12.6. The van der Waals surface area contributed by atoms with Gasteiger partial charge in [0.1, 0.15) is 0 Å². The molecule has 72 heavy (non-hydrogen) atoms. The van der Waals surface area contributed by atoms with Crippen LogP contribution in [0, 0.1) is 0 Å². The minimum atomic E-state index is -5.02. The summed E-state index contributed by atoms with van der Waals surface area (Å²) in [5.74, 6) is -3.94. The van der Waals surface area contributed by atoms with Crippen molar-refractivity contribution in [1.29, 1.82) is 0 Å². The Morgan fingerprint density at radius 3 is 1.10 bits per heavy atom. The first kappa shape index (κ1) is 63.6. The molecule has 0 radical (unpaired) electrons. The maximum absolute atomic E-state index is 12.6. The highest BCUT2D eigenvalue weighted by atomic mass is 19.4. The van der Waals surface area contributed by atoms with E-state index in [1.54, 1.807) is 27.7 Å². The molecule has 0 saturated carbocycles. The fourth-order valence-corrected chi connectivity index (χ4v) is 4.64. The molecule has 400 valence electrons. The van der Waals surface area contributed by atoms with Gasteiger partial charge < -0.3 is 37.9 Å². The van der Waals surface area contributed by atoms with Crippen molar-refractivity contribution in [3.05, 3.63) is 141 Å². The third kappa shape index (κ3) is 23.6. The molecule has 0 atom stereocenters. The molecule has 0 fully saturated rings. The van der Waals surface area contributed by atoms with Gasteiger partial charge in [0.2, 0.25) is 0 Å². The summed E-state index contributed by atoms with van der Waals surface area (Å²) < 4.78 is 224. The fraction of sp³-hybridized carbons (Fsp3) is 0.378. The number of hydrogen-bond donors (Lipinski definition) is 0. The number of carbonyl (C=O) groups excluding carboxylic acids is 4. The quantitative estimate of drug-likeness (QED) is 0.0346. The van der Waals surface area contributed by atoms with Gasteiger partial charge in [0.05, 0.1) is 50.1 Å². The predicted molar refractivity (Wildman–Crippen MR) is 218 cm³/mol. The van der Waals surface area contributed by atoms with E-state index in [1.165, 1.54) is 18.2 Å². The molecule has 0 spiro atoms. The molecule has 12 nitrogen and oxygen atoms in total. The zero-order chi connectivity index (χ0) is 54.9. The van der Waals surface area contributed by atoms with Crippen molar-refractivity contribution in [2.75, 3.05) is 53.6 Å². The Balaban J connectivity index is 0.000000482. The first-order valence-corrected chi connectivity index (χ1v) is 20.2. The standard InChI is InChI=1S/C12H10F6O3.3C11H11F3O3/c1-2-20-6-21-10(19)7-3-8(11(13,14)15)5-9(4-7)12(16,17)18;1-2-16-7-17-10(15)8-3-5-9(6-4-8)11(12,13)14;1-2-16-7-17-10(15)8-4-3-5-9(6-8)11(12,13)14;1-2-16-7-17-10(15)8-5-3-4-6-9(8)11(12,13)14/h3-5H,2,6H2,1H3;3*3-6H,2,7H2,1H3. The van der Waals surface area contributed by atoms with Crippen molar-refractivity contribution in [3.8, 4) is 0 Å². The van der Waals surface area contributed by atoms with Crippen LogP contribution in [-0.2, 0) is 68.8 Å². The van der Waals surface area contributed by atoms with Gasteiger partial charge in [-0.1, -0.05) is 18.2 Å². The second kappa shape index (κ2) is 29.8. The number of halogens is 15. The summed E-state index contributed by atoms with van der Waals surface area (Å²) in [7, 11) is 0. The highest BCUT2D eigenvalue weighted by Gasteiger charge is 2.38. The average Bonchev–Trinajstić information content (AvgIpc) is 3.31. The van der Waals surface area contributed by atoms with Crippen molar-refractivity contribution >= 4 is 23.9 Å². The van der Waals surface area contributed by atoms with E-state index in [2.05, 4.69) is 23.7 Å². The first-order valence-electron chi connectivity index (χ1n) is 20.2. The molecule has 27 heteroatoms. The summed E-state index contributed by atoms with van der Waals surface area (Å²) in [6.07, 6.45) is -23.5. The first-order chi connectivity index (χ1) is 33.4. The molecule has 0 aliphatic rings. The van der Waals surface area contributed by atoms with Crippen molar-refractivity contribution in [2.24, 2.45) is 0 Å². The molecular formula is C45H43F15O12. The smallest absolute Gasteiger partial charge is 0.417 e. The Hall–Kier alpha value is -6.45. The van der Waals surface area contributed by atoms with Crippen molar-refractivity contribution in [2.45, 2.75) is 58.6 Å². The van der Waals surface area contributed by atoms with Gasteiger partial charge in [-0.05, 0) is 100 Å². The van der Waals surface area contributed by atoms with Gasteiger partial charge in [0.25, 0.3) is 0 Å². The molecule has 0 unspecified atom stereocenters. The molecule has 0 aromatic heterocycles. The topological polar surface area (TPSA) is 142 Å². The van der Waals surface area contributed by atoms with E-state index in [1.807, 2.05) is 0 Å². The molecule has 4 aromatic carbocycles. The van der Waals surface area contributed by atoms with Crippen LogP contribution < -0.4 is 0 Å². The third-order valence-electron chi connectivity index (χ3n) is 8.06. The van der Waals surface area contributed by atoms with Crippen LogP contribution in [0.15, 0.2) is 91.0 Å². The van der Waals surface area contributed by atoms with Gasteiger partial charge in [-0.15, -0.1) is 0 Å². The van der Waals surface area contributed by atoms with Crippen LogP contribution in [0.5, 0.6) is 0 Å². The monoisotopic (exact) mass is 1060 g/mol. The summed E-state index contributed by atoms with van der Waals surface area (Å²) in [6, 6.07) is 12.8. The highest BCUT2D eigenvalue weighted by Crippen LogP contribution is 2.37. The molecule has 0 N–H and O–H groups in total. The largest absolute Gasteiger partial charge is 0.435 e. The van der Waals surface area contributed by atoms with E-state index < -0.39 is 100 Å². The van der Waals surface area contributed by atoms with Crippen molar-refractivity contribution < 1.29 is 123 Å². The number of benzene rings is 4. The van der Waals surface area contributed by atoms with Crippen LogP contribution in [0.3, 0.4) is 0 Å². The lowest BCUT2D eigenvalue weighted by molar-refractivity contribution is -0.143. The second-order valence-electron chi connectivity index (χ2n) is 13.2. The third-order valence-corrected chi connectivity index (χ3v) is 8.06. The Bertz CT molecular complexity index is 2260. The minimum Gasteiger partial charge on any atom is -0.435 e. The summed E-state index contributed by atoms with van der Waals surface area (Å²) in [5.41, 5.74) is -7.33. The SMILES string of the molecule is CCOCOC(=O)c1cc(C(F)(F)F)cc(C(F)(F)F)c1.CCOCOC(=O)c1ccc(C(F)(F)F)cc1.CCOCOC(=O)c1cccc(C(F)(F)F)c1.CCOCOC(=O)c1ccccc1C(F)(F)F. The minimum absolute atomic E-state index is 0.0534. The Kier molecular flexibility index (Phi) is 26.3. The molecule has 0 aliphatic heterocycles. The number of hydrogen-bond acceptors (Lipinski definition) is 12. The van der Waals surface area contributed by atoms with E-state index in [0.29, 0.717) is 32.0 Å². The molecule has 4 rings (SSSR count). The van der Waals surface area contributed by atoms with E-state index in [-0.39, 0.29) is 44.2 Å². The zero-order valence-corrected chi connectivity index (χ0v) is 37.9. The summed E-state index contributed by atoms with van der Waals surface area (Å²) >= 11 is 0. The molecular weight excluding hydrogens is 1020 g/mol. The summed E-state index contributed by atoms with van der Waals surface area (Å²) in [6.45, 7) is 6.51. The van der Waals surface area contributed by atoms with Gasteiger partial charge in [0, 0.05) is 26.4 Å². The lowest BCUT2D eigenvalue weighted by Gasteiger charge is -2.13. The Morgan fingerprint density at radius 2 is 0.708 bits per heavy atom.